The molecule has 0 spiro atoms. The first-order chi connectivity index (χ1) is 7.66. The molecule has 1 aromatic heterocycles. The number of hydrogen-bond donors (Lipinski definition) is 0. The number of thiazole rings is 1. The van der Waals surface area contributed by atoms with Gasteiger partial charge in [0.05, 0.1) is 18.1 Å². The van der Waals surface area contributed by atoms with Crippen molar-refractivity contribution in [3.63, 3.8) is 0 Å². The number of morpholine rings is 1. The third kappa shape index (κ3) is 2.59. The quantitative estimate of drug-likeness (QED) is 0.760. The van der Waals surface area contributed by atoms with E-state index in [0.717, 1.165) is 23.8 Å². The minimum atomic E-state index is 0.195. The van der Waals surface area contributed by atoms with Crippen LogP contribution in [0.5, 0.6) is 0 Å². The Kier molecular flexibility index (Phi) is 3.56. The molecule has 1 aliphatic heterocycles. The highest BCUT2D eigenvalue weighted by molar-refractivity contribution is 7.11. The van der Waals surface area contributed by atoms with E-state index in [1.807, 2.05) is 11.8 Å². The van der Waals surface area contributed by atoms with Gasteiger partial charge in [0.1, 0.15) is 6.42 Å². The van der Waals surface area contributed by atoms with Crippen LogP contribution in [0.2, 0.25) is 0 Å². The van der Waals surface area contributed by atoms with Crippen molar-refractivity contribution in [2.45, 2.75) is 20.3 Å². The number of ether oxygens (including phenoxy) is 1. The smallest absolute Gasteiger partial charge is 0.245 e. The van der Waals surface area contributed by atoms with E-state index in [2.05, 4.69) is 11.9 Å². The van der Waals surface area contributed by atoms with Crippen molar-refractivity contribution in [3.05, 3.63) is 15.6 Å². The van der Waals surface area contributed by atoms with Gasteiger partial charge in [-0.15, -0.1) is 0 Å². The Bertz CT molecular complexity index is 364. The highest BCUT2D eigenvalue weighted by Crippen LogP contribution is 2.13. The van der Waals surface area contributed by atoms with Crippen LogP contribution < -0.4 is 4.98 Å². The molecule has 88 valence electrons. The van der Waals surface area contributed by atoms with Gasteiger partial charge in [0, 0.05) is 20.0 Å². The van der Waals surface area contributed by atoms with Crippen LogP contribution >= 0.6 is 11.3 Å². The highest BCUT2D eigenvalue weighted by atomic mass is 32.1. The van der Waals surface area contributed by atoms with Gasteiger partial charge in [-0.3, -0.25) is 4.79 Å². The molecule has 2 heterocycles. The molecule has 1 saturated heterocycles. The van der Waals surface area contributed by atoms with Gasteiger partial charge in [0.25, 0.3) is 0 Å². The van der Waals surface area contributed by atoms with E-state index in [0.29, 0.717) is 19.6 Å². The molecule has 1 aromatic rings. The number of rotatable bonds is 2. The summed E-state index contributed by atoms with van der Waals surface area (Å²) in [6.45, 7) is 6.88. The maximum Gasteiger partial charge on any atom is 0.245 e. The zero-order valence-corrected chi connectivity index (χ0v) is 10.5. The van der Waals surface area contributed by atoms with Crippen LogP contribution in [-0.4, -0.2) is 37.1 Å². The third-order valence-corrected chi connectivity index (χ3v) is 3.91. The summed E-state index contributed by atoms with van der Waals surface area (Å²) in [5.41, 5.74) is 1.16. The Labute approximate surface area is 99.2 Å². The molecule has 1 N–H and O–H groups in total. The van der Waals surface area contributed by atoms with Gasteiger partial charge in [0.2, 0.25) is 10.9 Å². The third-order valence-electron chi connectivity index (χ3n) is 2.81. The second kappa shape index (κ2) is 4.93. The van der Waals surface area contributed by atoms with Crippen LogP contribution in [-0.2, 0) is 16.0 Å². The standard InChI is InChI=1S/C11H16N2O2S/c1-8-9(2)16-10(12-8)7-11(14)13-3-5-15-6-4-13/h3-7H2,1-2H3/p+1. The number of aromatic amines is 1. The summed E-state index contributed by atoms with van der Waals surface area (Å²) in [6.07, 6.45) is 0.485. The molecule has 0 bridgehead atoms. The van der Waals surface area contributed by atoms with E-state index < -0.39 is 0 Å². The number of nitrogens with one attached hydrogen (secondary N) is 1. The zero-order valence-electron chi connectivity index (χ0n) is 9.71. The number of carbonyl (C=O) groups excluding carboxylic acids is 1. The van der Waals surface area contributed by atoms with Gasteiger partial charge in [-0.1, -0.05) is 11.3 Å². The fourth-order valence-electron chi connectivity index (χ4n) is 1.73. The molecule has 16 heavy (non-hydrogen) atoms. The van der Waals surface area contributed by atoms with Gasteiger partial charge in [-0.2, -0.15) is 0 Å². The molecule has 0 radical (unpaired) electrons. The normalized spacial score (nSPS) is 16.5. The zero-order chi connectivity index (χ0) is 11.5. The van der Waals surface area contributed by atoms with Gasteiger partial charge in [0.15, 0.2) is 5.69 Å². The predicted octanol–water partition coefficient (Wildman–Crippen LogP) is 0.580. The molecule has 5 heteroatoms. The van der Waals surface area contributed by atoms with Gasteiger partial charge < -0.3 is 9.64 Å². The molecule has 1 fully saturated rings. The topological polar surface area (TPSA) is 43.7 Å². The van der Waals surface area contributed by atoms with Crippen molar-refractivity contribution >= 4 is 17.2 Å². The number of carbonyl (C=O) groups is 1. The molecule has 1 amide bonds. The summed E-state index contributed by atoms with van der Waals surface area (Å²) < 4.78 is 5.22. The first-order valence-electron chi connectivity index (χ1n) is 5.50. The molecule has 1 aliphatic rings. The van der Waals surface area contributed by atoms with Crippen LogP contribution in [0.3, 0.4) is 0 Å². The van der Waals surface area contributed by atoms with Crippen molar-refractivity contribution in [3.8, 4) is 0 Å². The fraction of sp³-hybridized carbons (Fsp3) is 0.636. The number of aryl methyl sites for hydroxylation is 2. The molecule has 2 rings (SSSR count). The van der Waals surface area contributed by atoms with Crippen LogP contribution in [0.1, 0.15) is 15.6 Å². The second-order valence-electron chi connectivity index (χ2n) is 4.00. The van der Waals surface area contributed by atoms with E-state index in [9.17, 15) is 4.79 Å². The van der Waals surface area contributed by atoms with Crippen LogP contribution in [0.15, 0.2) is 0 Å². The summed E-state index contributed by atoms with van der Waals surface area (Å²) in [5.74, 6) is 0.195. The molecular formula is C11H17N2O2S+. The molecule has 0 aliphatic carbocycles. The Morgan fingerprint density at radius 2 is 2.12 bits per heavy atom. The van der Waals surface area contributed by atoms with E-state index in [-0.39, 0.29) is 5.91 Å². The summed E-state index contributed by atoms with van der Waals surface area (Å²) >= 11 is 1.67. The Hall–Kier alpha value is -0.940. The fourth-order valence-corrected chi connectivity index (χ4v) is 2.70. The second-order valence-corrected chi connectivity index (χ2v) is 5.31. The Morgan fingerprint density at radius 1 is 1.44 bits per heavy atom. The molecule has 0 aromatic carbocycles. The lowest BCUT2D eigenvalue weighted by atomic mass is 10.3. The number of aromatic nitrogens is 1. The largest absolute Gasteiger partial charge is 0.378 e. The number of hydrogen-bond acceptors (Lipinski definition) is 3. The van der Waals surface area contributed by atoms with E-state index in [1.54, 1.807) is 11.3 Å². The maximum atomic E-state index is 11.9. The van der Waals surface area contributed by atoms with Crippen LogP contribution in [0.25, 0.3) is 0 Å². The number of amides is 1. The van der Waals surface area contributed by atoms with Crippen molar-refractivity contribution in [1.82, 2.24) is 4.90 Å². The first kappa shape index (κ1) is 11.5. The average Bonchev–Trinajstić information content (AvgIpc) is 2.59. The molecule has 0 saturated carbocycles. The average molecular weight is 241 g/mol. The summed E-state index contributed by atoms with van der Waals surface area (Å²) in [6, 6.07) is 0. The van der Waals surface area contributed by atoms with Crippen molar-refractivity contribution < 1.29 is 14.5 Å². The van der Waals surface area contributed by atoms with Gasteiger partial charge in [-0.25, -0.2) is 4.98 Å². The SMILES string of the molecule is Cc1[nH+]c(CC(=O)N2CCOCC2)sc1C. The van der Waals surface area contributed by atoms with Crippen molar-refractivity contribution in [2.75, 3.05) is 26.3 Å². The number of H-pyrrole nitrogens is 1. The maximum absolute atomic E-state index is 11.9. The molecule has 0 unspecified atom stereocenters. The summed E-state index contributed by atoms with van der Waals surface area (Å²) in [5, 5.41) is 1.05. The lowest BCUT2D eigenvalue weighted by Crippen LogP contribution is -2.41. The van der Waals surface area contributed by atoms with Gasteiger partial charge in [-0.05, 0) is 6.92 Å². The van der Waals surface area contributed by atoms with E-state index in [1.165, 1.54) is 4.88 Å². The van der Waals surface area contributed by atoms with Crippen molar-refractivity contribution in [2.24, 2.45) is 0 Å². The Balaban J connectivity index is 1.95. The van der Waals surface area contributed by atoms with Gasteiger partial charge >= 0.3 is 0 Å². The highest BCUT2D eigenvalue weighted by Gasteiger charge is 2.21. The van der Waals surface area contributed by atoms with Crippen LogP contribution in [0.4, 0.5) is 0 Å². The molecule has 0 atom stereocenters. The monoisotopic (exact) mass is 241 g/mol. The van der Waals surface area contributed by atoms with Crippen LogP contribution in [0, 0.1) is 13.8 Å². The predicted molar refractivity (Wildman–Crippen MR) is 61.5 cm³/mol. The first-order valence-corrected chi connectivity index (χ1v) is 6.32. The lowest BCUT2D eigenvalue weighted by Gasteiger charge is -2.26. The lowest BCUT2D eigenvalue weighted by molar-refractivity contribution is -0.391. The Morgan fingerprint density at radius 3 is 2.69 bits per heavy atom. The number of nitrogens with zero attached hydrogens (tertiary/aromatic N) is 1. The molecule has 4 nitrogen and oxygen atoms in total. The molecular weight excluding hydrogens is 224 g/mol. The summed E-state index contributed by atoms with van der Waals surface area (Å²) in [7, 11) is 0. The minimum absolute atomic E-state index is 0.195. The van der Waals surface area contributed by atoms with E-state index in [4.69, 9.17) is 4.74 Å². The van der Waals surface area contributed by atoms with E-state index >= 15 is 0 Å². The summed E-state index contributed by atoms with van der Waals surface area (Å²) in [4.78, 5) is 18.3. The minimum Gasteiger partial charge on any atom is -0.378 e. The van der Waals surface area contributed by atoms with Crippen molar-refractivity contribution in [1.29, 1.82) is 0 Å².